The quantitative estimate of drug-likeness (QED) is 0.679. The predicted molar refractivity (Wildman–Crippen MR) is 64.2 cm³/mol. The summed E-state index contributed by atoms with van der Waals surface area (Å²) in [4.78, 5) is 0. The van der Waals surface area contributed by atoms with E-state index in [1.165, 1.54) is 0 Å². The normalized spacial score (nSPS) is 10.4. The van der Waals surface area contributed by atoms with Crippen LogP contribution in [0.25, 0.3) is 0 Å². The molecule has 0 heterocycles. The fraction of sp³-hybridized carbons (Fsp3) is 0. The predicted octanol–water partition coefficient (Wildman–Crippen LogP) is 4.99. The monoisotopic (exact) mass is 237 g/mol. The minimum absolute atomic E-state index is 0.518. The second-order valence-corrected chi connectivity index (χ2v) is 4.03. The summed E-state index contributed by atoms with van der Waals surface area (Å²) in [5.74, 6) is 0. The van der Waals surface area contributed by atoms with Gasteiger partial charge >= 0.3 is 8.69 Å². The number of nitrogens with zero attached hydrogens (tertiary/aromatic N) is 1. The number of anilines is 2. The summed E-state index contributed by atoms with van der Waals surface area (Å²) in [5.41, 5.74) is 1.04. The van der Waals surface area contributed by atoms with Crippen LogP contribution in [0.5, 0.6) is 0 Å². The van der Waals surface area contributed by atoms with Crippen molar-refractivity contribution in [1.82, 2.24) is 0 Å². The molecule has 0 N–H and O–H groups in total. The fourth-order valence-electron chi connectivity index (χ4n) is 1.46. The molecule has 0 fully saturated rings. The summed E-state index contributed by atoms with van der Waals surface area (Å²) in [5, 5.41) is 0. The third-order valence-corrected chi connectivity index (χ3v) is 2.92. The first kappa shape index (κ1) is 11.0. The topological polar surface area (TPSA) is 3.24 Å². The van der Waals surface area contributed by atoms with Crippen molar-refractivity contribution < 1.29 is 8.39 Å². The lowest BCUT2D eigenvalue weighted by Crippen LogP contribution is -2.05. The lowest BCUT2D eigenvalue weighted by atomic mass is 10.3. The number of para-hydroxylation sites is 2. The molecule has 2 aromatic rings. The molecule has 82 valence electrons. The Hall–Kier alpha value is -1.47. The molecule has 1 nitrogen and oxygen atoms in total. The van der Waals surface area contributed by atoms with E-state index < -0.39 is 8.69 Å². The molecule has 0 aliphatic heterocycles. The number of hydrogen-bond donors (Lipinski definition) is 0. The van der Waals surface area contributed by atoms with Gasteiger partial charge in [-0.2, -0.15) is 8.39 Å². The van der Waals surface area contributed by atoms with E-state index in [4.69, 9.17) is 0 Å². The molecule has 0 spiro atoms. The van der Waals surface area contributed by atoms with Crippen molar-refractivity contribution >= 4 is 20.1 Å². The van der Waals surface area contributed by atoms with E-state index in [-0.39, 0.29) is 0 Å². The summed E-state index contributed by atoms with van der Waals surface area (Å²) >= 11 is 0. The van der Waals surface area contributed by atoms with E-state index in [0.717, 1.165) is 4.67 Å². The fourth-order valence-corrected chi connectivity index (χ4v) is 2.08. The van der Waals surface area contributed by atoms with Crippen molar-refractivity contribution in [2.45, 2.75) is 0 Å². The summed E-state index contributed by atoms with van der Waals surface area (Å²) in [6.45, 7) is 0. The highest BCUT2D eigenvalue weighted by Gasteiger charge is 2.20. The Morgan fingerprint density at radius 1 is 0.688 bits per heavy atom. The first-order chi connectivity index (χ1) is 7.79. The van der Waals surface area contributed by atoms with Crippen molar-refractivity contribution in [3.05, 3.63) is 60.7 Å². The summed E-state index contributed by atoms with van der Waals surface area (Å²) < 4.78 is 27.2. The van der Waals surface area contributed by atoms with E-state index in [0.29, 0.717) is 11.4 Å². The van der Waals surface area contributed by atoms with E-state index in [1.54, 1.807) is 48.5 Å². The highest BCUT2D eigenvalue weighted by Crippen LogP contribution is 2.51. The Labute approximate surface area is 94.4 Å². The van der Waals surface area contributed by atoms with E-state index in [9.17, 15) is 8.39 Å². The van der Waals surface area contributed by atoms with E-state index in [2.05, 4.69) is 0 Å². The first-order valence-corrected chi connectivity index (χ1v) is 5.88. The van der Waals surface area contributed by atoms with Gasteiger partial charge in [-0.05, 0) is 24.3 Å². The maximum Gasteiger partial charge on any atom is 0.378 e. The van der Waals surface area contributed by atoms with Crippen LogP contribution in [0.4, 0.5) is 19.8 Å². The number of benzene rings is 2. The molecule has 0 amide bonds. The largest absolute Gasteiger partial charge is 0.378 e. The lowest BCUT2D eigenvalue weighted by molar-refractivity contribution is 0.742. The Balaban J connectivity index is 2.40. The average molecular weight is 237 g/mol. The maximum atomic E-state index is 13.1. The molecule has 0 aromatic heterocycles. The van der Waals surface area contributed by atoms with Crippen LogP contribution in [-0.4, -0.2) is 0 Å². The van der Waals surface area contributed by atoms with Crippen molar-refractivity contribution in [1.29, 1.82) is 0 Å². The van der Waals surface area contributed by atoms with Crippen LogP contribution >= 0.6 is 8.69 Å². The van der Waals surface area contributed by atoms with Gasteiger partial charge in [-0.3, -0.25) is 4.67 Å². The second kappa shape index (κ2) is 5.04. The summed E-state index contributed by atoms with van der Waals surface area (Å²) in [6.07, 6.45) is 0. The molecule has 0 aliphatic carbocycles. The highest BCUT2D eigenvalue weighted by molar-refractivity contribution is 7.48. The minimum atomic E-state index is -3.18. The van der Waals surface area contributed by atoms with Crippen molar-refractivity contribution in [3.63, 3.8) is 0 Å². The number of hydrogen-bond acceptors (Lipinski definition) is 1. The van der Waals surface area contributed by atoms with Crippen LogP contribution in [0.1, 0.15) is 0 Å². The van der Waals surface area contributed by atoms with Crippen LogP contribution in [0.15, 0.2) is 60.7 Å². The summed E-state index contributed by atoms with van der Waals surface area (Å²) in [6, 6.07) is 17.4. The Morgan fingerprint density at radius 2 is 1.06 bits per heavy atom. The Kier molecular flexibility index (Phi) is 3.47. The molecule has 0 radical (unpaired) electrons. The van der Waals surface area contributed by atoms with Gasteiger partial charge in [0.25, 0.3) is 0 Å². The molecule has 0 bridgehead atoms. The maximum absolute atomic E-state index is 13.1. The molecule has 2 aromatic carbocycles. The van der Waals surface area contributed by atoms with Gasteiger partial charge in [0.15, 0.2) is 0 Å². The molecule has 0 aliphatic rings. The van der Waals surface area contributed by atoms with Crippen LogP contribution in [0.3, 0.4) is 0 Å². The van der Waals surface area contributed by atoms with Crippen molar-refractivity contribution in [2.24, 2.45) is 0 Å². The number of halogens is 2. The van der Waals surface area contributed by atoms with Crippen LogP contribution in [-0.2, 0) is 0 Å². The SMILES string of the molecule is FP(F)N(c1ccccc1)c1ccccc1. The molecule has 4 heteroatoms. The minimum Gasteiger partial charge on any atom is -0.268 e. The van der Waals surface area contributed by atoms with Gasteiger partial charge in [0.1, 0.15) is 0 Å². The van der Waals surface area contributed by atoms with Gasteiger partial charge in [0, 0.05) is 11.4 Å². The average Bonchev–Trinajstić information content (AvgIpc) is 2.31. The highest BCUT2D eigenvalue weighted by atomic mass is 31.2. The molecule has 0 saturated heterocycles. The molecular formula is C12H10F2NP. The van der Waals surface area contributed by atoms with Gasteiger partial charge in [0.2, 0.25) is 0 Å². The smallest absolute Gasteiger partial charge is 0.268 e. The molecule has 2 rings (SSSR count). The Morgan fingerprint density at radius 3 is 1.38 bits per heavy atom. The van der Waals surface area contributed by atoms with E-state index in [1.807, 2.05) is 12.1 Å². The van der Waals surface area contributed by atoms with Gasteiger partial charge in [-0.25, -0.2) is 0 Å². The molecule has 16 heavy (non-hydrogen) atoms. The standard InChI is InChI=1S/C12H10F2NP/c13-16(14)15(11-7-3-1-4-8-11)12-9-5-2-6-10-12/h1-10H. The Bertz CT molecular complexity index is 394. The number of rotatable bonds is 3. The summed E-state index contributed by atoms with van der Waals surface area (Å²) in [7, 11) is -3.18. The van der Waals surface area contributed by atoms with Gasteiger partial charge in [-0.15, -0.1) is 0 Å². The molecule has 0 saturated carbocycles. The first-order valence-electron chi connectivity index (χ1n) is 4.81. The second-order valence-electron chi connectivity index (χ2n) is 3.20. The van der Waals surface area contributed by atoms with Crippen LogP contribution in [0, 0.1) is 0 Å². The lowest BCUT2D eigenvalue weighted by Gasteiger charge is -2.22. The zero-order valence-corrected chi connectivity index (χ0v) is 9.32. The zero-order valence-electron chi connectivity index (χ0n) is 8.42. The van der Waals surface area contributed by atoms with E-state index >= 15 is 0 Å². The third-order valence-electron chi connectivity index (χ3n) is 2.15. The van der Waals surface area contributed by atoms with Crippen molar-refractivity contribution in [3.8, 4) is 0 Å². The zero-order chi connectivity index (χ0) is 11.4. The van der Waals surface area contributed by atoms with Gasteiger partial charge < -0.3 is 0 Å². The van der Waals surface area contributed by atoms with Crippen LogP contribution < -0.4 is 4.67 Å². The molecule has 0 atom stereocenters. The third kappa shape index (κ3) is 2.37. The van der Waals surface area contributed by atoms with Gasteiger partial charge in [-0.1, -0.05) is 36.4 Å². The van der Waals surface area contributed by atoms with Crippen LogP contribution in [0.2, 0.25) is 0 Å². The van der Waals surface area contributed by atoms with Crippen molar-refractivity contribution in [2.75, 3.05) is 4.67 Å². The van der Waals surface area contributed by atoms with Gasteiger partial charge in [0.05, 0.1) is 0 Å². The molecule has 0 unspecified atom stereocenters. The molecular weight excluding hydrogens is 227 g/mol.